The molecule has 0 aliphatic heterocycles. The molecular formula is C17H26N2O2. The van der Waals surface area contributed by atoms with E-state index in [1.54, 1.807) is 7.05 Å². The average molecular weight is 290 g/mol. The van der Waals surface area contributed by atoms with Gasteiger partial charge in [-0.2, -0.15) is 0 Å². The number of hydrogen-bond acceptors (Lipinski definition) is 2. The van der Waals surface area contributed by atoms with Gasteiger partial charge in [0.25, 0.3) is 0 Å². The molecule has 0 spiro atoms. The molecule has 1 N–H and O–H groups in total. The predicted molar refractivity (Wildman–Crippen MR) is 83.4 cm³/mol. The molecule has 2 rings (SSSR count). The van der Waals surface area contributed by atoms with Crippen LogP contribution in [-0.4, -0.2) is 23.3 Å². The number of nitrogens with one attached hydrogen (secondary N) is 1. The minimum Gasteiger partial charge on any atom is -0.359 e. The van der Waals surface area contributed by atoms with Gasteiger partial charge in [-0.15, -0.1) is 0 Å². The smallest absolute Gasteiger partial charge is 0.227 e. The first kappa shape index (κ1) is 15.8. The highest BCUT2D eigenvalue weighted by Crippen LogP contribution is 2.37. The van der Waals surface area contributed by atoms with Gasteiger partial charge >= 0.3 is 0 Å². The summed E-state index contributed by atoms with van der Waals surface area (Å²) in [5, 5.41) is 2.72. The quantitative estimate of drug-likeness (QED) is 0.930. The molecule has 4 nitrogen and oxygen atoms in total. The zero-order valence-electron chi connectivity index (χ0n) is 14.0. The summed E-state index contributed by atoms with van der Waals surface area (Å²) >= 11 is 0. The lowest BCUT2D eigenvalue weighted by Crippen LogP contribution is -2.39. The van der Waals surface area contributed by atoms with E-state index in [9.17, 15) is 9.59 Å². The second kappa shape index (κ2) is 5.00. The summed E-state index contributed by atoms with van der Waals surface area (Å²) in [6.45, 7) is 10.7. The van der Waals surface area contributed by atoms with E-state index in [0.29, 0.717) is 13.0 Å². The largest absolute Gasteiger partial charge is 0.359 e. The third-order valence-corrected chi connectivity index (χ3v) is 4.40. The zero-order valence-corrected chi connectivity index (χ0v) is 14.0. The van der Waals surface area contributed by atoms with Gasteiger partial charge in [-0.3, -0.25) is 9.59 Å². The fourth-order valence-corrected chi connectivity index (χ4v) is 3.23. The van der Waals surface area contributed by atoms with Crippen LogP contribution < -0.4 is 5.32 Å². The molecule has 4 heteroatoms. The molecule has 0 saturated heterocycles. The molecule has 21 heavy (non-hydrogen) atoms. The molecule has 0 unspecified atom stereocenters. The number of fused-ring (bicyclic) bond motifs is 1. The van der Waals surface area contributed by atoms with Gasteiger partial charge in [0.1, 0.15) is 0 Å². The lowest BCUT2D eigenvalue weighted by Gasteiger charge is -2.32. The standard InChI is InChI=1S/C17H26N2O2/c1-11-7-12-13(8-16(2,3)9-14(12)20)19(11)10-17(4,5)15(21)18-6/h7H,8-10H2,1-6H3,(H,18,21). The van der Waals surface area contributed by atoms with Gasteiger partial charge in [0.05, 0.1) is 5.41 Å². The Bertz CT molecular complexity index is 594. The number of carbonyl (C=O) groups excluding carboxylic acids is 2. The number of aromatic nitrogens is 1. The number of ketones is 1. The van der Waals surface area contributed by atoms with Crippen molar-refractivity contribution in [3.63, 3.8) is 0 Å². The molecular weight excluding hydrogens is 264 g/mol. The van der Waals surface area contributed by atoms with Crippen molar-refractivity contribution in [2.24, 2.45) is 10.8 Å². The maximum Gasteiger partial charge on any atom is 0.227 e. The van der Waals surface area contributed by atoms with Crippen molar-refractivity contribution >= 4 is 11.7 Å². The maximum absolute atomic E-state index is 12.3. The van der Waals surface area contributed by atoms with Gasteiger partial charge < -0.3 is 9.88 Å². The second-order valence-corrected chi connectivity index (χ2v) is 7.64. The fraction of sp³-hybridized carbons (Fsp3) is 0.647. The monoisotopic (exact) mass is 290 g/mol. The Morgan fingerprint density at radius 3 is 2.57 bits per heavy atom. The molecule has 1 aliphatic rings. The molecule has 1 amide bonds. The van der Waals surface area contributed by atoms with E-state index in [2.05, 4.69) is 23.7 Å². The highest BCUT2D eigenvalue weighted by Gasteiger charge is 2.36. The van der Waals surface area contributed by atoms with Crippen molar-refractivity contribution in [3.05, 3.63) is 23.0 Å². The lowest BCUT2D eigenvalue weighted by molar-refractivity contribution is -0.129. The molecule has 1 aliphatic carbocycles. The van der Waals surface area contributed by atoms with E-state index in [1.807, 2.05) is 26.8 Å². The van der Waals surface area contributed by atoms with Crippen LogP contribution in [0.2, 0.25) is 0 Å². The Balaban J connectivity index is 2.43. The van der Waals surface area contributed by atoms with Gasteiger partial charge in [-0.25, -0.2) is 0 Å². The van der Waals surface area contributed by atoms with Gasteiger partial charge in [0, 0.05) is 37.0 Å². The van der Waals surface area contributed by atoms with Crippen molar-refractivity contribution in [1.82, 2.24) is 9.88 Å². The number of Topliss-reactive ketones (excluding diaryl/α,β-unsaturated/α-hetero) is 1. The van der Waals surface area contributed by atoms with Crippen molar-refractivity contribution in [2.45, 2.75) is 54.0 Å². The van der Waals surface area contributed by atoms with E-state index in [1.165, 1.54) is 0 Å². The molecule has 0 radical (unpaired) electrons. The molecule has 1 aromatic rings. The van der Waals surface area contributed by atoms with Crippen molar-refractivity contribution < 1.29 is 9.59 Å². The van der Waals surface area contributed by atoms with Gasteiger partial charge in [-0.1, -0.05) is 13.8 Å². The van der Waals surface area contributed by atoms with Crippen LogP contribution >= 0.6 is 0 Å². The van der Waals surface area contributed by atoms with Gasteiger partial charge in [0.15, 0.2) is 5.78 Å². The molecule has 0 atom stereocenters. The first-order valence-electron chi connectivity index (χ1n) is 7.52. The summed E-state index contributed by atoms with van der Waals surface area (Å²) in [7, 11) is 1.66. The van der Waals surface area contributed by atoms with Crippen molar-refractivity contribution in [1.29, 1.82) is 0 Å². The third-order valence-electron chi connectivity index (χ3n) is 4.40. The first-order valence-corrected chi connectivity index (χ1v) is 7.52. The second-order valence-electron chi connectivity index (χ2n) is 7.64. The Hall–Kier alpha value is -1.58. The van der Waals surface area contributed by atoms with Crippen LogP contribution in [-0.2, 0) is 17.8 Å². The number of nitrogens with zero attached hydrogens (tertiary/aromatic N) is 1. The van der Waals surface area contributed by atoms with Crippen LogP contribution in [0.25, 0.3) is 0 Å². The number of aryl methyl sites for hydroxylation is 1. The highest BCUT2D eigenvalue weighted by molar-refractivity contribution is 5.99. The maximum atomic E-state index is 12.3. The molecule has 0 aromatic carbocycles. The normalized spacial score (nSPS) is 17.5. The number of carbonyl (C=O) groups is 2. The molecule has 0 bridgehead atoms. The van der Waals surface area contributed by atoms with E-state index in [4.69, 9.17) is 0 Å². The lowest BCUT2D eigenvalue weighted by atomic mass is 9.76. The van der Waals surface area contributed by atoms with Crippen LogP contribution in [0.3, 0.4) is 0 Å². The summed E-state index contributed by atoms with van der Waals surface area (Å²) in [4.78, 5) is 24.4. The summed E-state index contributed by atoms with van der Waals surface area (Å²) in [6, 6.07) is 1.98. The van der Waals surface area contributed by atoms with Crippen LogP contribution in [0, 0.1) is 17.8 Å². The summed E-state index contributed by atoms with van der Waals surface area (Å²) < 4.78 is 2.16. The Kier molecular flexibility index (Phi) is 3.77. The molecule has 0 saturated carbocycles. The van der Waals surface area contributed by atoms with E-state index in [0.717, 1.165) is 23.4 Å². The summed E-state index contributed by atoms with van der Waals surface area (Å²) in [6.07, 6.45) is 1.48. The number of rotatable bonds is 3. The number of amides is 1. The first-order chi connectivity index (χ1) is 9.57. The zero-order chi connectivity index (χ0) is 16.0. The molecule has 116 valence electrons. The Labute approximate surface area is 126 Å². The highest BCUT2D eigenvalue weighted by atomic mass is 16.2. The predicted octanol–water partition coefficient (Wildman–Crippen LogP) is 2.72. The Morgan fingerprint density at radius 2 is 2.00 bits per heavy atom. The minimum absolute atomic E-state index is 0.0101. The Morgan fingerprint density at radius 1 is 1.38 bits per heavy atom. The summed E-state index contributed by atoms with van der Waals surface area (Å²) in [5.41, 5.74) is 2.48. The van der Waals surface area contributed by atoms with Crippen LogP contribution in [0.4, 0.5) is 0 Å². The van der Waals surface area contributed by atoms with E-state index < -0.39 is 5.41 Å². The van der Waals surface area contributed by atoms with E-state index >= 15 is 0 Å². The van der Waals surface area contributed by atoms with E-state index in [-0.39, 0.29) is 17.1 Å². The van der Waals surface area contributed by atoms with Crippen LogP contribution in [0.15, 0.2) is 6.07 Å². The molecule has 1 aromatic heterocycles. The average Bonchev–Trinajstić information content (AvgIpc) is 2.64. The summed E-state index contributed by atoms with van der Waals surface area (Å²) in [5.74, 6) is 0.242. The van der Waals surface area contributed by atoms with Gasteiger partial charge in [0.2, 0.25) is 5.91 Å². The third kappa shape index (κ3) is 2.89. The number of hydrogen-bond donors (Lipinski definition) is 1. The van der Waals surface area contributed by atoms with Crippen LogP contribution in [0.1, 0.15) is 55.9 Å². The van der Waals surface area contributed by atoms with Crippen molar-refractivity contribution in [3.8, 4) is 0 Å². The van der Waals surface area contributed by atoms with Gasteiger partial charge in [-0.05, 0) is 38.7 Å². The minimum atomic E-state index is -0.503. The molecule has 1 heterocycles. The van der Waals surface area contributed by atoms with Crippen LogP contribution in [0.5, 0.6) is 0 Å². The van der Waals surface area contributed by atoms with Crippen molar-refractivity contribution in [2.75, 3.05) is 7.05 Å². The topological polar surface area (TPSA) is 51.1 Å². The SMILES string of the molecule is CNC(=O)C(C)(C)Cn1c(C)cc2c1CC(C)(C)CC2=O. The fourth-order valence-electron chi connectivity index (χ4n) is 3.23. The molecule has 0 fully saturated rings.